The van der Waals surface area contributed by atoms with E-state index in [9.17, 15) is 9.59 Å². The highest BCUT2D eigenvalue weighted by molar-refractivity contribution is 7.09. The van der Waals surface area contributed by atoms with Gasteiger partial charge in [-0.15, -0.1) is 11.3 Å². The Hall–Kier alpha value is -2.93. The number of carbonyl (C=O) groups is 2. The largest absolute Gasteiger partial charge is 0.458 e. The van der Waals surface area contributed by atoms with Gasteiger partial charge in [-0.25, -0.2) is 4.98 Å². The molecule has 3 rings (SSSR count). The molecule has 3 aromatic rings. The summed E-state index contributed by atoms with van der Waals surface area (Å²) in [5, 5.41) is 8.46. The van der Waals surface area contributed by atoms with E-state index in [4.69, 9.17) is 4.42 Å². The number of furan rings is 1. The summed E-state index contributed by atoms with van der Waals surface area (Å²) in [6.45, 7) is 4.45. The first kappa shape index (κ1) is 18.8. The van der Waals surface area contributed by atoms with Crippen LogP contribution in [0.15, 0.2) is 46.2 Å². The second-order valence-electron chi connectivity index (χ2n) is 6.17. The summed E-state index contributed by atoms with van der Waals surface area (Å²) in [6, 6.07) is 11.0. The maximum atomic E-state index is 12.0. The molecule has 2 amide bonds. The van der Waals surface area contributed by atoms with E-state index < -0.39 is 0 Å². The van der Waals surface area contributed by atoms with Gasteiger partial charge in [0.1, 0.15) is 11.5 Å². The third-order valence-corrected chi connectivity index (χ3v) is 4.68. The number of hydrogen-bond donors (Lipinski definition) is 2. The molecule has 140 valence electrons. The summed E-state index contributed by atoms with van der Waals surface area (Å²) < 4.78 is 5.70. The van der Waals surface area contributed by atoms with Gasteiger partial charge >= 0.3 is 0 Å². The van der Waals surface area contributed by atoms with Crippen molar-refractivity contribution in [2.75, 3.05) is 6.54 Å². The topological polar surface area (TPSA) is 84.2 Å². The molecule has 0 radical (unpaired) electrons. The van der Waals surface area contributed by atoms with Crippen LogP contribution in [0.2, 0.25) is 0 Å². The van der Waals surface area contributed by atoms with Gasteiger partial charge in [0.05, 0.1) is 11.6 Å². The van der Waals surface area contributed by atoms with Crippen molar-refractivity contribution in [2.24, 2.45) is 0 Å². The zero-order valence-electron chi connectivity index (χ0n) is 15.2. The molecule has 0 saturated heterocycles. The molecule has 27 heavy (non-hydrogen) atoms. The van der Waals surface area contributed by atoms with Gasteiger partial charge in [-0.05, 0) is 38.1 Å². The van der Waals surface area contributed by atoms with E-state index in [0.717, 1.165) is 16.3 Å². The Morgan fingerprint density at radius 3 is 2.74 bits per heavy atom. The highest BCUT2D eigenvalue weighted by Gasteiger charge is 2.10. The molecule has 0 bridgehead atoms. The quantitative estimate of drug-likeness (QED) is 0.654. The molecular weight excluding hydrogens is 362 g/mol. The minimum absolute atomic E-state index is 0.151. The molecule has 0 fully saturated rings. The lowest BCUT2D eigenvalue weighted by molar-refractivity contribution is -0.121. The molecule has 0 aliphatic heterocycles. The van der Waals surface area contributed by atoms with Gasteiger partial charge in [-0.2, -0.15) is 0 Å². The molecule has 0 saturated carbocycles. The molecule has 0 unspecified atom stereocenters. The summed E-state index contributed by atoms with van der Waals surface area (Å²) >= 11 is 1.56. The fraction of sp³-hybridized carbons (Fsp3) is 0.250. The molecule has 7 heteroatoms. The predicted octanol–water partition coefficient (Wildman–Crippen LogP) is 3.46. The van der Waals surface area contributed by atoms with Crippen molar-refractivity contribution in [1.82, 2.24) is 15.6 Å². The fourth-order valence-corrected chi connectivity index (χ4v) is 3.14. The Balaban J connectivity index is 1.41. The van der Waals surface area contributed by atoms with Crippen LogP contribution in [0.3, 0.4) is 0 Å². The number of aryl methyl sites for hydroxylation is 2. The molecule has 0 aliphatic rings. The predicted molar refractivity (Wildman–Crippen MR) is 105 cm³/mol. The second kappa shape index (κ2) is 8.64. The van der Waals surface area contributed by atoms with Gasteiger partial charge in [0.2, 0.25) is 5.91 Å². The summed E-state index contributed by atoms with van der Waals surface area (Å²) in [5.41, 5.74) is 2.41. The van der Waals surface area contributed by atoms with E-state index in [2.05, 4.69) is 15.6 Å². The minimum atomic E-state index is -0.180. The summed E-state index contributed by atoms with van der Waals surface area (Å²) in [5.74, 6) is 1.02. The standard InChI is InChI=1S/C20H21N3O3S/c1-13-4-3-5-15(10-13)20(25)21-9-8-19(24)22-11-16-6-7-18(26-16)17-12-27-14(2)23-17/h3-7,10,12H,8-9,11H2,1-2H3,(H,21,25)(H,22,24). The molecule has 2 N–H and O–H groups in total. The lowest BCUT2D eigenvalue weighted by atomic mass is 10.1. The van der Waals surface area contributed by atoms with Crippen molar-refractivity contribution in [3.63, 3.8) is 0 Å². The van der Waals surface area contributed by atoms with E-state index >= 15 is 0 Å². The van der Waals surface area contributed by atoms with Gasteiger partial charge in [-0.3, -0.25) is 9.59 Å². The van der Waals surface area contributed by atoms with Crippen LogP contribution in [0, 0.1) is 13.8 Å². The first-order valence-corrected chi connectivity index (χ1v) is 9.52. The van der Waals surface area contributed by atoms with E-state index in [0.29, 0.717) is 23.6 Å². The Labute approximate surface area is 161 Å². The van der Waals surface area contributed by atoms with Crippen molar-refractivity contribution >= 4 is 23.2 Å². The molecule has 0 atom stereocenters. The van der Waals surface area contributed by atoms with Crippen LogP contribution < -0.4 is 10.6 Å². The number of carbonyl (C=O) groups excluding carboxylic acids is 2. The molecule has 2 aromatic heterocycles. The summed E-state index contributed by atoms with van der Waals surface area (Å²) in [6.07, 6.45) is 0.205. The average Bonchev–Trinajstić information content (AvgIpc) is 3.28. The van der Waals surface area contributed by atoms with Crippen molar-refractivity contribution in [3.8, 4) is 11.5 Å². The van der Waals surface area contributed by atoms with Crippen LogP contribution >= 0.6 is 11.3 Å². The Bertz CT molecular complexity index is 945. The van der Waals surface area contributed by atoms with Gasteiger partial charge in [0.15, 0.2) is 5.76 Å². The maximum Gasteiger partial charge on any atom is 0.251 e. The average molecular weight is 383 g/mol. The van der Waals surface area contributed by atoms with Crippen LogP contribution in [-0.4, -0.2) is 23.3 Å². The van der Waals surface area contributed by atoms with Crippen molar-refractivity contribution < 1.29 is 14.0 Å². The normalized spacial score (nSPS) is 10.6. The molecule has 1 aromatic carbocycles. The Morgan fingerprint density at radius 2 is 2.00 bits per heavy atom. The maximum absolute atomic E-state index is 12.0. The number of amides is 2. The lowest BCUT2D eigenvalue weighted by Gasteiger charge is -2.06. The first-order chi connectivity index (χ1) is 13.0. The number of aromatic nitrogens is 1. The highest BCUT2D eigenvalue weighted by Crippen LogP contribution is 2.23. The number of hydrogen-bond acceptors (Lipinski definition) is 5. The van der Waals surface area contributed by atoms with Gasteiger partial charge < -0.3 is 15.1 Å². The van der Waals surface area contributed by atoms with Crippen LogP contribution in [0.5, 0.6) is 0 Å². The van der Waals surface area contributed by atoms with Crippen LogP contribution in [0.4, 0.5) is 0 Å². The number of rotatable bonds is 7. The SMILES string of the molecule is Cc1cccc(C(=O)NCCC(=O)NCc2ccc(-c3csc(C)n3)o2)c1. The number of thiazole rings is 1. The van der Waals surface area contributed by atoms with E-state index in [-0.39, 0.29) is 24.8 Å². The highest BCUT2D eigenvalue weighted by atomic mass is 32.1. The van der Waals surface area contributed by atoms with Crippen molar-refractivity contribution in [3.05, 3.63) is 63.7 Å². The summed E-state index contributed by atoms with van der Waals surface area (Å²) in [4.78, 5) is 28.4. The second-order valence-corrected chi connectivity index (χ2v) is 7.23. The van der Waals surface area contributed by atoms with E-state index in [1.807, 2.05) is 49.6 Å². The number of nitrogens with one attached hydrogen (secondary N) is 2. The van der Waals surface area contributed by atoms with Crippen LogP contribution in [-0.2, 0) is 11.3 Å². The molecule has 0 aliphatic carbocycles. The van der Waals surface area contributed by atoms with Crippen molar-refractivity contribution in [2.45, 2.75) is 26.8 Å². The first-order valence-electron chi connectivity index (χ1n) is 8.64. The van der Waals surface area contributed by atoms with E-state index in [1.54, 1.807) is 17.4 Å². The third kappa shape index (κ3) is 5.27. The molecule has 0 spiro atoms. The lowest BCUT2D eigenvalue weighted by Crippen LogP contribution is -2.30. The zero-order valence-corrected chi connectivity index (χ0v) is 16.1. The van der Waals surface area contributed by atoms with E-state index in [1.165, 1.54) is 0 Å². The molecular formula is C20H21N3O3S. The smallest absolute Gasteiger partial charge is 0.251 e. The van der Waals surface area contributed by atoms with Crippen LogP contribution in [0.1, 0.15) is 33.1 Å². The van der Waals surface area contributed by atoms with Gasteiger partial charge in [0.25, 0.3) is 5.91 Å². The van der Waals surface area contributed by atoms with Crippen molar-refractivity contribution in [1.29, 1.82) is 0 Å². The van der Waals surface area contributed by atoms with Crippen LogP contribution in [0.25, 0.3) is 11.5 Å². The minimum Gasteiger partial charge on any atom is -0.458 e. The number of nitrogens with zero attached hydrogens (tertiary/aromatic N) is 1. The molecule has 6 nitrogen and oxygen atoms in total. The van der Waals surface area contributed by atoms with Gasteiger partial charge in [0, 0.05) is 23.9 Å². The summed E-state index contributed by atoms with van der Waals surface area (Å²) in [7, 11) is 0. The monoisotopic (exact) mass is 383 g/mol. The van der Waals surface area contributed by atoms with Gasteiger partial charge in [-0.1, -0.05) is 17.7 Å². The number of benzene rings is 1. The third-order valence-electron chi connectivity index (χ3n) is 3.91. The Morgan fingerprint density at radius 1 is 1.15 bits per heavy atom. The fourth-order valence-electron chi connectivity index (χ4n) is 2.54. The Kier molecular flexibility index (Phi) is 6.03. The zero-order chi connectivity index (χ0) is 19.2. The molecule has 2 heterocycles.